The van der Waals surface area contributed by atoms with Gasteiger partial charge in [0, 0.05) is 48.6 Å². The van der Waals surface area contributed by atoms with Gasteiger partial charge < -0.3 is 25.0 Å². The first-order valence-electron chi connectivity index (χ1n) is 11.8. The molecule has 0 bridgehead atoms. The number of benzene rings is 2. The molecule has 0 saturated carbocycles. The van der Waals surface area contributed by atoms with Gasteiger partial charge in [0.25, 0.3) is 0 Å². The van der Waals surface area contributed by atoms with Crippen LogP contribution in [0, 0.1) is 5.82 Å². The molecule has 0 aliphatic carbocycles. The van der Waals surface area contributed by atoms with Gasteiger partial charge in [0.2, 0.25) is 5.95 Å². The molecule has 0 saturated heterocycles. The molecule has 1 aromatic heterocycles. The molecule has 2 aromatic carbocycles. The summed E-state index contributed by atoms with van der Waals surface area (Å²) < 4.78 is 20.0. The number of aliphatic carboxylic acids is 1. The molecular formula is C26H25ClFN5O3. The molecule has 8 nitrogen and oxygen atoms in total. The molecule has 3 aliphatic rings. The molecule has 3 aromatic rings. The summed E-state index contributed by atoms with van der Waals surface area (Å²) in [6.45, 7) is 4.18. The summed E-state index contributed by atoms with van der Waals surface area (Å²) in [4.78, 5) is 25.2. The zero-order valence-corrected chi connectivity index (χ0v) is 20.6. The van der Waals surface area contributed by atoms with E-state index < -0.39 is 17.2 Å². The van der Waals surface area contributed by atoms with Gasteiger partial charge in [-0.15, -0.1) is 0 Å². The predicted octanol–water partition coefficient (Wildman–Crippen LogP) is 4.82. The fourth-order valence-corrected chi connectivity index (χ4v) is 5.81. The lowest BCUT2D eigenvalue weighted by Gasteiger charge is -2.36. The number of carboxylic acid groups (broad SMARTS) is 1. The lowest BCUT2D eigenvalue weighted by molar-refractivity contribution is -0.142. The van der Waals surface area contributed by atoms with E-state index in [4.69, 9.17) is 16.3 Å². The number of rotatable bonds is 4. The maximum atomic E-state index is 14.0. The highest BCUT2D eigenvalue weighted by atomic mass is 35.5. The Morgan fingerprint density at radius 1 is 1.33 bits per heavy atom. The number of hydrogen-bond donors (Lipinski definition) is 2. The quantitative estimate of drug-likeness (QED) is 0.517. The minimum atomic E-state index is -1.32. The normalized spacial score (nSPS) is 22.6. The van der Waals surface area contributed by atoms with Gasteiger partial charge in [0.15, 0.2) is 5.82 Å². The average Bonchev–Trinajstić information content (AvgIpc) is 3.13. The second kappa shape index (κ2) is 8.31. The van der Waals surface area contributed by atoms with Crippen molar-refractivity contribution in [3.8, 4) is 5.75 Å². The standard InChI is InChI=1S/C26H25ClFN5O3/c1-26(24(34)35)13-33(20-4-3-16(28)8-18(20)26)23-19(27)10-29-25(31-23)30-17-7-15-12-32(2)11-14-5-6-36-21(9-17)22(14)15/h3-4,7-10,14H,5-6,11-13H2,1-2H3,(H,34,35)(H,29,30,31). The number of ether oxygens (including phenoxy) is 1. The van der Waals surface area contributed by atoms with Gasteiger partial charge in [0.1, 0.15) is 22.0 Å². The molecule has 3 aliphatic heterocycles. The van der Waals surface area contributed by atoms with Crippen LogP contribution in [0.15, 0.2) is 36.5 Å². The SMILES string of the molecule is CN1Cc2cc(Nc3ncc(Cl)c(N4CC(C)(C(=O)O)c5cc(F)ccc54)n3)cc3c2C(CCO3)C1. The second-order valence-corrected chi connectivity index (χ2v) is 10.4. The zero-order valence-electron chi connectivity index (χ0n) is 19.9. The van der Waals surface area contributed by atoms with E-state index in [1.807, 2.05) is 6.07 Å². The summed E-state index contributed by atoms with van der Waals surface area (Å²) in [7, 11) is 2.12. The minimum absolute atomic E-state index is 0.0574. The topological polar surface area (TPSA) is 90.8 Å². The van der Waals surface area contributed by atoms with E-state index in [9.17, 15) is 14.3 Å². The Bertz CT molecular complexity index is 1400. The summed E-state index contributed by atoms with van der Waals surface area (Å²) >= 11 is 6.49. The van der Waals surface area contributed by atoms with E-state index in [1.165, 1.54) is 29.5 Å². The summed E-state index contributed by atoms with van der Waals surface area (Å²) in [6, 6.07) is 8.20. The average molecular weight is 510 g/mol. The van der Waals surface area contributed by atoms with E-state index in [2.05, 4.69) is 33.3 Å². The third kappa shape index (κ3) is 3.65. The van der Waals surface area contributed by atoms with Gasteiger partial charge in [0.05, 0.1) is 12.8 Å². The van der Waals surface area contributed by atoms with E-state index >= 15 is 0 Å². The van der Waals surface area contributed by atoms with Crippen LogP contribution in [0.3, 0.4) is 0 Å². The zero-order chi connectivity index (χ0) is 25.2. The van der Waals surface area contributed by atoms with Gasteiger partial charge in [-0.3, -0.25) is 4.79 Å². The Kier molecular flexibility index (Phi) is 5.31. The summed E-state index contributed by atoms with van der Waals surface area (Å²) in [6.07, 6.45) is 2.49. The van der Waals surface area contributed by atoms with Crippen LogP contribution in [0.4, 0.5) is 27.5 Å². The largest absolute Gasteiger partial charge is 0.493 e. The van der Waals surface area contributed by atoms with Crippen molar-refractivity contribution in [3.05, 3.63) is 64.1 Å². The number of anilines is 4. The molecule has 36 heavy (non-hydrogen) atoms. The monoisotopic (exact) mass is 509 g/mol. The van der Waals surface area contributed by atoms with Crippen LogP contribution in [-0.2, 0) is 16.8 Å². The van der Waals surface area contributed by atoms with E-state index in [-0.39, 0.29) is 11.6 Å². The third-order valence-corrected chi connectivity index (χ3v) is 7.63. The first kappa shape index (κ1) is 23.0. The fraction of sp³-hybridized carbons (Fsp3) is 0.346. The molecule has 6 rings (SSSR count). The molecule has 2 unspecified atom stereocenters. The smallest absolute Gasteiger partial charge is 0.315 e. The Balaban J connectivity index is 1.36. The van der Waals surface area contributed by atoms with Crippen LogP contribution < -0.4 is 15.0 Å². The van der Waals surface area contributed by atoms with E-state index in [0.717, 1.165) is 30.9 Å². The van der Waals surface area contributed by atoms with Crippen molar-refractivity contribution in [2.75, 3.05) is 37.0 Å². The number of fused-ring (bicyclic) bond motifs is 1. The van der Waals surface area contributed by atoms with Crippen molar-refractivity contribution in [2.24, 2.45) is 0 Å². The van der Waals surface area contributed by atoms with Gasteiger partial charge >= 0.3 is 5.97 Å². The first-order valence-corrected chi connectivity index (χ1v) is 12.2. The highest BCUT2D eigenvalue weighted by Crippen LogP contribution is 2.46. The summed E-state index contributed by atoms with van der Waals surface area (Å²) in [5, 5.41) is 13.5. The van der Waals surface area contributed by atoms with Crippen LogP contribution in [0.1, 0.15) is 36.0 Å². The van der Waals surface area contributed by atoms with Crippen molar-refractivity contribution in [1.29, 1.82) is 0 Å². The van der Waals surface area contributed by atoms with E-state index in [0.29, 0.717) is 35.5 Å². The Morgan fingerprint density at radius 2 is 2.17 bits per heavy atom. The number of hydrogen-bond acceptors (Lipinski definition) is 7. The Hall–Kier alpha value is -3.43. The van der Waals surface area contributed by atoms with Crippen LogP contribution >= 0.6 is 11.6 Å². The van der Waals surface area contributed by atoms with Crippen LogP contribution in [0.5, 0.6) is 5.75 Å². The number of halogens is 2. The molecular weight excluding hydrogens is 485 g/mol. The highest BCUT2D eigenvalue weighted by molar-refractivity contribution is 6.33. The lowest BCUT2D eigenvalue weighted by Crippen LogP contribution is -2.36. The molecule has 0 fully saturated rings. The second-order valence-electron chi connectivity index (χ2n) is 9.95. The Morgan fingerprint density at radius 3 is 2.97 bits per heavy atom. The van der Waals surface area contributed by atoms with Crippen LogP contribution in [0.2, 0.25) is 5.02 Å². The van der Waals surface area contributed by atoms with Crippen molar-refractivity contribution < 1.29 is 19.0 Å². The number of carboxylic acids is 1. The van der Waals surface area contributed by atoms with Crippen molar-refractivity contribution in [1.82, 2.24) is 14.9 Å². The first-order chi connectivity index (χ1) is 17.2. The third-order valence-electron chi connectivity index (χ3n) is 7.36. The van der Waals surface area contributed by atoms with Crippen LogP contribution in [-0.4, -0.2) is 52.7 Å². The molecule has 186 valence electrons. The molecule has 0 radical (unpaired) electrons. The fourth-order valence-electron chi connectivity index (χ4n) is 5.62. The van der Waals surface area contributed by atoms with Gasteiger partial charge in [-0.25, -0.2) is 9.37 Å². The molecule has 4 heterocycles. The van der Waals surface area contributed by atoms with Gasteiger partial charge in [-0.05, 0) is 55.8 Å². The summed E-state index contributed by atoms with van der Waals surface area (Å²) in [5.74, 6) is 0.477. The Labute approximate surface area is 212 Å². The number of nitrogens with zero attached hydrogens (tertiary/aromatic N) is 4. The minimum Gasteiger partial charge on any atom is -0.493 e. The van der Waals surface area contributed by atoms with Crippen molar-refractivity contribution in [2.45, 2.75) is 31.2 Å². The summed E-state index contributed by atoms with van der Waals surface area (Å²) in [5.41, 5.74) is 2.91. The molecule has 2 N–H and O–H groups in total. The van der Waals surface area contributed by atoms with E-state index in [1.54, 1.807) is 17.9 Å². The lowest BCUT2D eigenvalue weighted by atomic mass is 9.85. The van der Waals surface area contributed by atoms with Crippen LogP contribution in [0.25, 0.3) is 0 Å². The maximum absolute atomic E-state index is 14.0. The van der Waals surface area contributed by atoms with Gasteiger partial charge in [-0.2, -0.15) is 4.98 Å². The molecule has 2 atom stereocenters. The highest BCUT2D eigenvalue weighted by Gasteiger charge is 2.46. The number of aromatic nitrogens is 2. The molecule has 0 amide bonds. The maximum Gasteiger partial charge on any atom is 0.315 e. The van der Waals surface area contributed by atoms with Gasteiger partial charge in [-0.1, -0.05) is 11.6 Å². The number of carbonyl (C=O) groups is 1. The molecule has 0 spiro atoms. The number of nitrogens with one attached hydrogen (secondary N) is 1. The van der Waals surface area contributed by atoms with Crippen molar-refractivity contribution in [3.63, 3.8) is 0 Å². The number of likely N-dealkylation sites (N-methyl/N-ethyl adjacent to an activating group) is 1. The van der Waals surface area contributed by atoms with Crippen molar-refractivity contribution >= 4 is 40.7 Å². The molecule has 10 heteroatoms. The predicted molar refractivity (Wildman–Crippen MR) is 134 cm³/mol.